The summed E-state index contributed by atoms with van der Waals surface area (Å²) in [6.45, 7) is 6.74. The average molecular weight is 327 g/mol. The monoisotopic (exact) mass is 326 g/mol. The first-order chi connectivity index (χ1) is 9.22. The van der Waals surface area contributed by atoms with Crippen LogP contribution in [-0.2, 0) is 6.54 Å². The molecule has 0 spiro atoms. The predicted molar refractivity (Wildman–Crippen MR) is 82.7 cm³/mol. The normalized spacial score (nSPS) is 17.6. The van der Waals surface area contributed by atoms with Crippen LogP contribution in [0.1, 0.15) is 25.3 Å². The fourth-order valence-electron chi connectivity index (χ4n) is 2.52. The van der Waals surface area contributed by atoms with Gasteiger partial charge in [0.1, 0.15) is 5.75 Å². The molecule has 1 saturated heterocycles. The van der Waals surface area contributed by atoms with Crippen molar-refractivity contribution in [2.45, 2.75) is 32.4 Å². The Morgan fingerprint density at radius 3 is 2.74 bits per heavy atom. The zero-order chi connectivity index (χ0) is 13.7. The lowest BCUT2D eigenvalue weighted by Gasteiger charge is -2.31. The maximum absolute atomic E-state index is 5.27. The average Bonchev–Trinajstić information content (AvgIpc) is 2.47. The van der Waals surface area contributed by atoms with Gasteiger partial charge in [-0.3, -0.25) is 0 Å². The Bertz CT molecular complexity index is 403. The van der Waals surface area contributed by atoms with Crippen molar-refractivity contribution in [3.8, 4) is 5.75 Å². The molecule has 1 aliphatic rings. The summed E-state index contributed by atoms with van der Waals surface area (Å²) in [7, 11) is 1.71. The van der Waals surface area contributed by atoms with E-state index in [9.17, 15) is 0 Å². The number of nitrogens with zero attached hydrogens (tertiary/aromatic N) is 1. The molecule has 1 aromatic carbocycles. The summed E-state index contributed by atoms with van der Waals surface area (Å²) in [5, 5.41) is 3.66. The van der Waals surface area contributed by atoms with E-state index in [1.165, 1.54) is 38.0 Å². The van der Waals surface area contributed by atoms with Gasteiger partial charge in [-0.15, -0.1) is 0 Å². The minimum atomic E-state index is 0.640. The van der Waals surface area contributed by atoms with Gasteiger partial charge in [0.25, 0.3) is 0 Å². The fourth-order valence-corrected chi connectivity index (χ4v) is 2.91. The molecular formula is C15H23BrN2O. The summed E-state index contributed by atoms with van der Waals surface area (Å²) in [4.78, 5) is 2.51. The molecule has 0 unspecified atom stereocenters. The van der Waals surface area contributed by atoms with Crippen LogP contribution in [0.2, 0.25) is 0 Å². The van der Waals surface area contributed by atoms with Crippen molar-refractivity contribution in [1.29, 1.82) is 0 Å². The van der Waals surface area contributed by atoms with E-state index in [1.807, 2.05) is 6.07 Å². The Balaban J connectivity index is 1.85. The van der Waals surface area contributed by atoms with Gasteiger partial charge in [-0.25, -0.2) is 0 Å². The van der Waals surface area contributed by atoms with E-state index in [0.29, 0.717) is 6.04 Å². The molecule has 1 fully saturated rings. The van der Waals surface area contributed by atoms with Gasteiger partial charge in [0.05, 0.1) is 7.11 Å². The summed E-state index contributed by atoms with van der Waals surface area (Å²) in [6, 6.07) is 6.77. The van der Waals surface area contributed by atoms with Gasteiger partial charge in [-0.05, 0) is 56.2 Å². The smallest absolute Gasteiger partial charge is 0.119 e. The second-order valence-corrected chi connectivity index (χ2v) is 5.90. The van der Waals surface area contributed by atoms with Crippen LogP contribution in [0.25, 0.3) is 0 Å². The van der Waals surface area contributed by atoms with E-state index in [1.54, 1.807) is 7.11 Å². The molecule has 1 heterocycles. The Labute approximate surface area is 124 Å². The minimum absolute atomic E-state index is 0.640. The molecule has 4 heteroatoms. The molecular weight excluding hydrogens is 304 g/mol. The molecule has 1 aliphatic heterocycles. The number of hydrogen-bond donors (Lipinski definition) is 1. The summed E-state index contributed by atoms with van der Waals surface area (Å²) < 4.78 is 6.42. The second kappa shape index (κ2) is 7.27. The number of piperidine rings is 1. The first-order valence-corrected chi connectivity index (χ1v) is 7.80. The van der Waals surface area contributed by atoms with Crippen molar-refractivity contribution >= 4 is 15.9 Å². The van der Waals surface area contributed by atoms with Crippen LogP contribution in [0, 0.1) is 0 Å². The highest BCUT2D eigenvalue weighted by atomic mass is 79.9. The molecule has 19 heavy (non-hydrogen) atoms. The van der Waals surface area contributed by atoms with Gasteiger partial charge in [-0.2, -0.15) is 0 Å². The number of hydrogen-bond acceptors (Lipinski definition) is 3. The zero-order valence-electron chi connectivity index (χ0n) is 11.8. The number of methoxy groups -OCH3 is 1. The summed E-state index contributed by atoms with van der Waals surface area (Å²) >= 11 is 3.60. The van der Waals surface area contributed by atoms with E-state index in [0.717, 1.165) is 16.8 Å². The quantitative estimate of drug-likeness (QED) is 0.900. The van der Waals surface area contributed by atoms with Crippen LogP contribution in [0.5, 0.6) is 5.75 Å². The third-order valence-electron chi connectivity index (χ3n) is 3.87. The van der Waals surface area contributed by atoms with E-state index >= 15 is 0 Å². The van der Waals surface area contributed by atoms with Gasteiger partial charge >= 0.3 is 0 Å². The van der Waals surface area contributed by atoms with Gasteiger partial charge in [0.2, 0.25) is 0 Å². The van der Waals surface area contributed by atoms with E-state index in [4.69, 9.17) is 4.74 Å². The van der Waals surface area contributed by atoms with Crippen LogP contribution in [0.3, 0.4) is 0 Å². The molecule has 0 saturated carbocycles. The lowest BCUT2D eigenvalue weighted by molar-refractivity contribution is 0.206. The minimum Gasteiger partial charge on any atom is -0.497 e. The molecule has 1 aromatic rings. The Hall–Kier alpha value is -0.580. The third-order valence-corrected chi connectivity index (χ3v) is 4.64. The van der Waals surface area contributed by atoms with Crippen LogP contribution in [0.4, 0.5) is 0 Å². The van der Waals surface area contributed by atoms with Gasteiger partial charge in [0, 0.05) is 17.1 Å². The number of halogens is 1. The number of ether oxygens (including phenoxy) is 1. The number of rotatable bonds is 5. The van der Waals surface area contributed by atoms with Gasteiger partial charge < -0.3 is 15.0 Å². The summed E-state index contributed by atoms with van der Waals surface area (Å²) in [6.07, 6.45) is 2.49. The first kappa shape index (κ1) is 14.8. The Morgan fingerprint density at radius 1 is 1.37 bits per heavy atom. The first-order valence-electron chi connectivity index (χ1n) is 7.01. The van der Waals surface area contributed by atoms with Gasteiger partial charge in [0.15, 0.2) is 0 Å². The third kappa shape index (κ3) is 4.20. The van der Waals surface area contributed by atoms with Crippen molar-refractivity contribution in [3.05, 3.63) is 28.2 Å². The topological polar surface area (TPSA) is 24.5 Å². The Kier molecular flexibility index (Phi) is 5.67. The predicted octanol–water partition coefficient (Wildman–Crippen LogP) is 3.03. The molecule has 1 N–H and O–H groups in total. The van der Waals surface area contributed by atoms with Crippen LogP contribution < -0.4 is 10.1 Å². The lowest BCUT2D eigenvalue weighted by Crippen LogP contribution is -2.42. The van der Waals surface area contributed by atoms with E-state index < -0.39 is 0 Å². The summed E-state index contributed by atoms with van der Waals surface area (Å²) in [5.74, 6) is 0.917. The highest BCUT2D eigenvalue weighted by Gasteiger charge is 2.17. The SMILES string of the molecule is CCN1CCC(NCc2cc(OC)ccc2Br)CC1. The molecule has 0 aromatic heterocycles. The maximum atomic E-state index is 5.27. The lowest BCUT2D eigenvalue weighted by atomic mass is 10.0. The molecule has 3 nitrogen and oxygen atoms in total. The largest absolute Gasteiger partial charge is 0.497 e. The molecule has 0 bridgehead atoms. The fraction of sp³-hybridized carbons (Fsp3) is 0.600. The van der Waals surface area contributed by atoms with Crippen molar-refractivity contribution < 1.29 is 4.74 Å². The van der Waals surface area contributed by atoms with Gasteiger partial charge in [-0.1, -0.05) is 22.9 Å². The maximum Gasteiger partial charge on any atom is 0.119 e. The zero-order valence-corrected chi connectivity index (χ0v) is 13.4. The summed E-state index contributed by atoms with van der Waals surface area (Å²) in [5.41, 5.74) is 1.26. The molecule has 0 amide bonds. The van der Waals surface area contributed by atoms with E-state index in [2.05, 4.69) is 45.2 Å². The Morgan fingerprint density at radius 2 is 2.11 bits per heavy atom. The molecule has 2 rings (SSSR count). The van der Waals surface area contributed by atoms with Crippen molar-refractivity contribution in [3.63, 3.8) is 0 Å². The molecule has 0 radical (unpaired) electrons. The van der Waals surface area contributed by atoms with Crippen LogP contribution >= 0.6 is 15.9 Å². The van der Waals surface area contributed by atoms with Crippen LogP contribution in [-0.4, -0.2) is 37.7 Å². The van der Waals surface area contributed by atoms with Crippen molar-refractivity contribution in [2.24, 2.45) is 0 Å². The van der Waals surface area contributed by atoms with Crippen LogP contribution in [0.15, 0.2) is 22.7 Å². The second-order valence-electron chi connectivity index (χ2n) is 5.05. The highest BCUT2D eigenvalue weighted by molar-refractivity contribution is 9.10. The molecule has 106 valence electrons. The standard InChI is InChI=1S/C15H23BrN2O/c1-3-18-8-6-13(7-9-18)17-11-12-10-14(19-2)4-5-15(12)16/h4-5,10,13,17H,3,6-9,11H2,1-2H3. The molecule has 0 aliphatic carbocycles. The number of nitrogens with one attached hydrogen (secondary N) is 1. The van der Waals surface area contributed by atoms with Crippen molar-refractivity contribution in [2.75, 3.05) is 26.7 Å². The number of benzene rings is 1. The molecule has 0 atom stereocenters. The highest BCUT2D eigenvalue weighted by Crippen LogP contribution is 2.22. The van der Waals surface area contributed by atoms with Crippen molar-refractivity contribution in [1.82, 2.24) is 10.2 Å². The number of likely N-dealkylation sites (tertiary alicyclic amines) is 1. The van der Waals surface area contributed by atoms with E-state index in [-0.39, 0.29) is 0 Å².